The minimum Gasteiger partial charge on any atom is -0.312 e. The van der Waals surface area contributed by atoms with E-state index >= 15 is 0 Å². The molecule has 0 N–H and O–H groups in total. The van der Waals surface area contributed by atoms with Gasteiger partial charge in [0.25, 0.3) is 0 Å². The second kappa shape index (κ2) is 5.80. The zero-order valence-electron chi connectivity index (χ0n) is 11.9. The Balaban J connectivity index is 0.000000328. The van der Waals surface area contributed by atoms with Gasteiger partial charge in [0.15, 0.2) is 11.6 Å². The van der Waals surface area contributed by atoms with Crippen molar-refractivity contribution in [2.45, 2.75) is 0 Å². The normalized spacial score (nSPS) is 12.4. The number of carbonyl (C=O) groups excluding carboxylic acids is 2. The molecule has 2 aromatic rings. The third-order valence-corrected chi connectivity index (χ3v) is 2.83. The summed E-state index contributed by atoms with van der Waals surface area (Å²) in [5.74, 6) is -0.128. The van der Waals surface area contributed by atoms with Gasteiger partial charge in [-0.15, -0.1) is 0 Å². The van der Waals surface area contributed by atoms with Crippen molar-refractivity contribution in [3.05, 3.63) is 70.8 Å². The maximum atomic E-state index is 12.1. The molecule has 1 aliphatic carbocycles. The van der Waals surface area contributed by atoms with Crippen molar-refractivity contribution in [1.29, 1.82) is 0 Å². The van der Waals surface area contributed by atoms with Gasteiger partial charge in [-0.1, -0.05) is 48.5 Å². The number of rotatable bonds is 0. The second-order valence-electron chi connectivity index (χ2n) is 5.09. The van der Waals surface area contributed by atoms with Crippen LogP contribution in [-0.2, 0) is 0 Å². The summed E-state index contributed by atoms with van der Waals surface area (Å²) in [6.07, 6.45) is 0. The monoisotopic (exact) mass is 267 g/mol. The van der Waals surface area contributed by atoms with Crippen LogP contribution >= 0.6 is 0 Å². The van der Waals surface area contributed by atoms with Gasteiger partial charge in [-0.25, -0.2) is 0 Å². The first-order chi connectivity index (χ1) is 9.52. The average molecular weight is 267 g/mol. The molecule has 0 saturated heterocycles. The largest absolute Gasteiger partial charge is 0.312 e. The van der Waals surface area contributed by atoms with Gasteiger partial charge in [0.1, 0.15) is 0 Å². The van der Waals surface area contributed by atoms with Crippen LogP contribution in [0.4, 0.5) is 0 Å². The van der Waals surface area contributed by atoms with E-state index in [2.05, 4.69) is 0 Å². The minimum atomic E-state index is -0.0641. The van der Waals surface area contributed by atoms with E-state index in [0.29, 0.717) is 22.3 Å². The highest BCUT2D eigenvalue weighted by Gasteiger charge is 2.28. The SMILES string of the molecule is CN(C)C.O=C1c2ccccc2C(=O)c2ccccc21. The highest BCUT2D eigenvalue weighted by molar-refractivity contribution is 6.28. The fraction of sp³-hybridized carbons (Fsp3) is 0.176. The first-order valence-electron chi connectivity index (χ1n) is 6.40. The predicted molar refractivity (Wildman–Crippen MR) is 79.4 cm³/mol. The van der Waals surface area contributed by atoms with Crippen LogP contribution in [0, 0.1) is 0 Å². The Bertz CT molecular complexity index is 551. The van der Waals surface area contributed by atoms with Gasteiger partial charge in [0.05, 0.1) is 0 Å². The van der Waals surface area contributed by atoms with Crippen molar-refractivity contribution in [2.75, 3.05) is 21.1 Å². The van der Waals surface area contributed by atoms with Gasteiger partial charge in [0.2, 0.25) is 0 Å². The lowest BCUT2D eigenvalue weighted by Crippen LogP contribution is -2.20. The van der Waals surface area contributed by atoms with Crippen LogP contribution < -0.4 is 0 Å². The van der Waals surface area contributed by atoms with Crippen LogP contribution in [-0.4, -0.2) is 37.6 Å². The predicted octanol–water partition coefficient (Wildman–Crippen LogP) is 2.64. The molecule has 0 aromatic heterocycles. The Morgan fingerprint density at radius 2 is 0.800 bits per heavy atom. The highest BCUT2D eigenvalue weighted by atomic mass is 16.1. The van der Waals surface area contributed by atoms with Crippen molar-refractivity contribution >= 4 is 11.6 Å². The number of fused-ring (bicyclic) bond motifs is 2. The highest BCUT2D eigenvalue weighted by Crippen LogP contribution is 2.26. The molecule has 0 aliphatic heterocycles. The summed E-state index contributed by atoms with van der Waals surface area (Å²) in [5.41, 5.74) is 2.02. The molecule has 1 aliphatic rings. The van der Waals surface area contributed by atoms with Gasteiger partial charge < -0.3 is 4.90 Å². The van der Waals surface area contributed by atoms with E-state index in [0.717, 1.165) is 0 Å². The van der Waals surface area contributed by atoms with E-state index in [9.17, 15) is 9.59 Å². The Morgan fingerprint density at radius 1 is 0.600 bits per heavy atom. The maximum Gasteiger partial charge on any atom is 0.194 e. The second-order valence-corrected chi connectivity index (χ2v) is 5.09. The first-order valence-corrected chi connectivity index (χ1v) is 6.40. The molecule has 3 heteroatoms. The molecule has 0 bridgehead atoms. The number of hydrogen-bond acceptors (Lipinski definition) is 3. The summed E-state index contributed by atoms with van der Waals surface area (Å²) in [7, 11) is 6.00. The molecule has 0 heterocycles. The lowest BCUT2D eigenvalue weighted by atomic mass is 9.84. The van der Waals surface area contributed by atoms with Crippen LogP contribution in [0.3, 0.4) is 0 Å². The molecule has 2 aromatic carbocycles. The summed E-state index contributed by atoms with van der Waals surface area (Å²) in [5, 5.41) is 0. The summed E-state index contributed by atoms with van der Waals surface area (Å²) >= 11 is 0. The third-order valence-electron chi connectivity index (χ3n) is 2.83. The molecule has 0 radical (unpaired) electrons. The number of benzene rings is 2. The van der Waals surface area contributed by atoms with Gasteiger partial charge in [0, 0.05) is 22.3 Å². The van der Waals surface area contributed by atoms with Crippen molar-refractivity contribution in [2.24, 2.45) is 0 Å². The Labute approximate surface area is 118 Å². The number of nitrogens with zero attached hydrogens (tertiary/aromatic N) is 1. The fourth-order valence-electron chi connectivity index (χ4n) is 2.05. The summed E-state index contributed by atoms with van der Waals surface area (Å²) in [4.78, 5) is 26.2. The molecular formula is C17H17NO2. The molecule has 102 valence electrons. The summed E-state index contributed by atoms with van der Waals surface area (Å²) < 4.78 is 0. The molecule has 0 fully saturated rings. The van der Waals surface area contributed by atoms with E-state index in [-0.39, 0.29) is 11.6 Å². The van der Waals surface area contributed by atoms with Crippen LogP contribution in [0.1, 0.15) is 31.8 Å². The van der Waals surface area contributed by atoms with E-state index in [4.69, 9.17) is 0 Å². The van der Waals surface area contributed by atoms with E-state index in [1.54, 1.807) is 48.5 Å². The molecule has 0 atom stereocenters. The van der Waals surface area contributed by atoms with Crippen LogP contribution in [0.25, 0.3) is 0 Å². The number of ketones is 2. The zero-order valence-corrected chi connectivity index (χ0v) is 11.9. The van der Waals surface area contributed by atoms with Crippen molar-refractivity contribution in [3.8, 4) is 0 Å². The topological polar surface area (TPSA) is 37.4 Å². The minimum absolute atomic E-state index is 0.0641. The van der Waals surface area contributed by atoms with Crippen LogP contribution in [0.15, 0.2) is 48.5 Å². The first kappa shape index (κ1) is 14.2. The van der Waals surface area contributed by atoms with Crippen molar-refractivity contribution < 1.29 is 9.59 Å². The summed E-state index contributed by atoms with van der Waals surface area (Å²) in [6.45, 7) is 0. The molecule has 3 rings (SSSR count). The Hall–Kier alpha value is -2.26. The smallest absolute Gasteiger partial charge is 0.194 e. The molecule has 3 nitrogen and oxygen atoms in total. The quantitative estimate of drug-likeness (QED) is 0.628. The molecule has 20 heavy (non-hydrogen) atoms. The molecule has 0 unspecified atom stereocenters. The van der Waals surface area contributed by atoms with E-state index in [1.807, 2.05) is 26.0 Å². The van der Waals surface area contributed by atoms with Crippen LogP contribution in [0.2, 0.25) is 0 Å². The molecule has 0 saturated carbocycles. The van der Waals surface area contributed by atoms with Gasteiger partial charge >= 0.3 is 0 Å². The van der Waals surface area contributed by atoms with Gasteiger partial charge in [-0.05, 0) is 21.1 Å². The molecule has 0 amide bonds. The lowest BCUT2D eigenvalue weighted by Gasteiger charge is -2.16. The maximum absolute atomic E-state index is 12.1. The van der Waals surface area contributed by atoms with Crippen LogP contribution in [0.5, 0.6) is 0 Å². The Kier molecular flexibility index (Phi) is 4.11. The van der Waals surface area contributed by atoms with E-state index < -0.39 is 0 Å². The van der Waals surface area contributed by atoms with Crippen molar-refractivity contribution in [3.63, 3.8) is 0 Å². The third kappa shape index (κ3) is 2.68. The lowest BCUT2D eigenvalue weighted by molar-refractivity contribution is 0.0979. The average Bonchev–Trinajstić information content (AvgIpc) is 2.44. The molecule has 0 spiro atoms. The zero-order chi connectivity index (χ0) is 14.7. The fourth-order valence-corrected chi connectivity index (χ4v) is 2.05. The summed E-state index contributed by atoms with van der Waals surface area (Å²) in [6, 6.07) is 13.9. The van der Waals surface area contributed by atoms with Crippen molar-refractivity contribution in [1.82, 2.24) is 4.90 Å². The molecular weight excluding hydrogens is 250 g/mol. The Morgan fingerprint density at radius 3 is 1.00 bits per heavy atom. The number of carbonyl (C=O) groups is 2. The van der Waals surface area contributed by atoms with Gasteiger partial charge in [-0.3, -0.25) is 9.59 Å². The number of hydrogen-bond donors (Lipinski definition) is 0. The van der Waals surface area contributed by atoms with Gasteiger partial charge in [-0.2, -0.15) is 0 Å². The standard InChI is InChI=1S/C14H8O2.C3H9N/c15-13-9-5-1-2-6-10(9)14(16)12-8-4-3-7-11(12)13;1-4(2)3/h1-8H;1-3H3. The van der Waals surface area contributed by atoms with E-state index in [1.165, 1.54) is 0 Å².